The molecule has 5 nitrogen and oxygen atoms in total. The summed E-state index contributed by atoms with van der Waals surface area (Å²) in [7, 11) is 2.99. The van der Waals surface area contributed by atoms with Crippen LogP contribution in [0.1, 0.15) is 23.7 Å². The van der Waals surface area contributed by atoms with Crippen LogP contribution in [0.2, 0.25) is 0 Å². The van der Waals surface area contributed by atoms with Crippen molar-refractivity contribution in [2.75, 3.05) is 31.9 Å². The second kappa shape index (κ2) is 6.86. The largest absolute Gasteiger partial charge is 0.465 e. The average Bonchev–Trinajstić information content (AvgIpc) is 2.39. The Morgan fingerprint density at radius 1 is 1.44 bits per heavy atom. The number of ether oxygens (including phenoxy) is 2. The molecule has 0 aliphatic carbocycles. The Morgan fingerprint density at radius 2 is 2.17 bits per heavy atom. The van der Waals surface area contributed by atoms with Crippen LogP contribution < -0.4 is 11.1 Å². The quantitative estimate of drug-likeness (QED) is 0.597. The Morgan fingerprint density at radius 3 is 2.72 bits per heavy atom. The minimum absolute atomic E-state index is 0.100. The maximum Gasteiger partial charge on any atom is 0.340 e. The third-order valence-corrected chi connectivity index (χ3v) is 2.71. The number of esters is 1. The summed E-state index contributed by atoms with van der Waals surface area (Å²) >= 11 is 0. The van der Waals surface area contributed by atoms with Gasteiger partial charge >= 0.3 is 5.97 Å². The monoisotopic (exact) mass is 252 g/mol. The van der Waals surface area contributed by atoms with Crippen molar-refractivity contribution in [3.8, 4) is 0 Å². The molecular formula is C13H20N2O3. The first-order chi connectivity index (χ1) is 8.63. The van der Waals surface area contributed by atoms with E-state index in [1.807, 2.05) is 6.92 Å². The first kappa shape index (κ1) is 14.3. The molecule has 0 heterocycles. The molecule has 100 valence electrons. The zero-order valence-electron chi connectivity index (χ0n) is 11.0. The summed E-state index contributed by atoms with van der Waals surface area (Å²) in [6, 6.07) is 5.26. The second-order valence-corrected chi connectivity index (χ2v) is 3.97. The lowest BCUT2D eigenvalue weighted by atomic mass is 10.1. The van der Waals surface area contributed by atoms with Gasteiger partial charge in [0.1, 0.15) is 0 Å². The number of nitrogen functional groups attached to an aromatic ring is 1. The highest BCUT2D eigenvalue weighted by Crippen LogP contribution is 2.25. The van der Waals surface area contributed by atoms with E-state index in [-0.39, 0.29) is 6.04 Å². The van der Waals surface area contributed by atoms with Crippen LogP contribution in [0.25, 0.3) is 0 Å². The van der Waals surface area contributed by atoms with Crippen LogP contribution in [0.5, 0.6) is 0 Å². The van der Waals surface area contributed by atoms with E-state index in [0.29, 0.717) is 23.5 Å². The number of nitrogens with two attached hydrogens (primary N) is 1. The first-order valence-corrected chi connectivity index (χ1v) is 5.86. The first-order valence-electron chi connectivity index (χ1n) is 5.86. The van der Waals surface area contributed by atoms with E-state index < -0.39 is 5.97 Å². The molecule has 0 aliphatic heterocycles. The van der Waals surface area contributed by atoms with Crippen LogP contribution in [0.4, 0.5) is 11.4 Å². The molecule has 0 saturated carbocycles. The fourth-order valence-corrected chi connectivity index (χ4v) is 1.68. The van der Waals surface area contributed by atoms with Gasteiger partial charge in [0.25, 0.3) is 0 Å². The van der Waals surface area contributed by atoms with Gasteiger partial charge < -0.3 is 20.5 Å². The van der Waals surface area contributed by atoms with E-state index in [9.17, 15) is 4.79 Å². The molecule has 1 unspecified atom stereocenters. The molecule has 0 saturated heterocycles. The van der Waals surface area contributed by atoms with Crippen LogP contribution in [0.15, 0.2) is 18.2 Å². The highest BCUT2D eigenvalue weighted by molar-refractivity contribution is 5.98. The Labute approximate surface area is 107 Å². The van der Waals surface area contributed by atoms with E-state index in [1.165, 1.54) is 7.11 Å². The number of nitrogens with one attached hydrogen (secondary N) is 1. The van der Waals surface area contributed by atoms with Crippen LogP contribution >= 0.6 is 0 Å². The molecular weight excluding hydrogens is 232 g/mol. The van der Waals surface area contributed by atoms with Gasteiger partial charge in [-0.15, -0.1) is 0 Å². The van der Waals surface area contributed by atoms with Gasteiger partial charge in [-0.2, -0.15) is 0 Å². The van der Waals surface area contributed by atoms with Gasteiger partial charge in [-0.25, -0.2) is 4.79 Å². The van der Waals surface area contributed by atoms with Gasteiger partial charge in [0.05, 0.1) is 30.7 Å². The van der Waals surface area contributed by atoms with Crippen molar-refractivity contribution in [1.29, 1.82) is 0 Å². The second-order valence-electron chi connectivity index (χ2n) is 3.97. The number of para-hydroxylation sites is 1. The Kier molecular flexibility index (Phi) is 5.45. The lowest BCUT2D eigenvalue weighted by Crippen LogP contribution is -2.25. The third-order valence-electron chi connectivity index (χ3n) is 2.71. The van der Waals surface area contributed by atoms with Crippen LogP contribution in [0, 0.1) is 0 Å². The van der Waals surface area contributed by atoms with Crippen molar-refractivity contribution in [1.82, 2.24) is 0 Å². The average molecular weight is 252 g/mol. The minimum Gasteiger partial charge on any atom is -0.465 e. The molecule has 0 bridgehead atoms. The van der Waals surface area contributed by atoms with Crippen LogP contribution in [-0.2, 0) is 9.47 Å². The van der Waals surface area contributed by atoms with Crippen molar-refractivity contribution >= 4 is 17.3 Å². The lowest BCUT2D eigenvalue weighted by Gasteiger charge is -2.20. The van der Waals surface area contributed by atoms with Gasteiger partial charge in [0.15, 0.2) is 0 Å². The molecule has 0 amide bonds. The maximum atomic E-state index is 11.7. The van der Waals surface area contributed by atoms with Crippen LogP contribution in [0.3, 0.4) is 0 Å². The van der Waals surface area contributed by atoms with Gasteiger partial charge in [-0.3, -0.25) is 0 Å². The molecule has 0 spiro atoms. The van der Waals surface area contributed by atoms with Crippen molar-refractivity contribution in [3.63, 3.8) is 0 Å². The molecule has 1 aromatic rings. The smallest absolute Gasteiger partial charge is 0.340 e. The van der Waals surface area contributed by atoms with Crippen molar-refractivity contribution in [2.24, 2.45) is 0 Å². The number of hydrogen-bond donors (Lipinski definition) is 2. The number of anilines is 2. The topological polar surface area (TPSA) is 73.6 Å². The van der Waals surface area contributed by atoms with Gasteiger partial charge in [-0.05, 0) is 18.6 Å². The highest BCUT2D eigenvalue weighted by Gasteiger charge is 2.16. The van der Waals surface area contributed by atoms with E-state index in [1.54, 1.807) is 25.3 Å². The molecule has 0 aliphatic rings. The molecule has 0 aromatic heterocycles. The van der Waals surface area contributed by atoms with Crippen molar-refractivity contribution < 1.29 is 14.3 Å². The zero-order chi connectivity index (χ0) is 13.5. The standard InChI is InChI=1S/C13H20N2O3/c1-4-9(8-17-2)15-12-10(13(16)18-3)6-5-7-11(12)14/h5-7,9,15H,4,8,14H2,1-3H3. The summed E-state index contributed by atoms with van der Waals surface area (Å²) in [4.78, 5) is 11.7. The lowest BCUT2D eigenvalue weighted by molar-refractivity contribution is 0.0601. The number of hydrogen-bond acceptors (Lipinski definition) is 5. The molecule has 1 aromatic carbocycles. The van der Waals surface area contributed by atoms with E-state index >= 15 is 0 Å². The zero-order valence-corrected chi connectivity index (χ0v) is 11.0. The summed E-state index contributed by atoms with van der Waals surface area (Å²) in [5.41, 5.74) is 7.46. The predicted molar refractivity (Wildman–Crippen MR) is 71.8 cm³/mol. The molecule has 1 rings (SSSR count). The number of methoxy groups -OCH3 is 2. The molecule has 5 heteroatoms. The molecule has 18 heavy (non-hydrogen) atoms. The molecule has 3 N–H and O–H groups in total. The summed E-state index contributed by atoms with van der Waals surface area (Å²) < 4.78 is 9.86. The van der Waals surface area contributed by atoms with Gasteiger partial charge in [-0.1, -0.05) is 13.0 Å². The fraction of sp³-hybridized carbons (Fsp3) is 0.462. The Balaban J connectivity index is 3.02. The highest BCUT2D eigenvalue weighted by atomic mass is 16.5. The number of rotatable bonds is 6. The normalized spacial score (nSPS) is 11.9. The Hall–Kier alpha value is -1.75. The molecule has 1 atom stereocenters. The number of carbonyl (C=O) groups excluding carboxylic acids is 1. The third kappa shape index (κ3) is 3.37. The summed E-state index contributed by atoms with van der Waals surface area (Å²) in [6.45, 7) is 2.58. The van der Waals surface area contributed by atoms with Crippen LogP contribution in [-0.4, -0.2) is 32.8 Å². The summed E-state index contributed by atoms with van der Waals surface area (Å²) in [5, 5.41) is 3.23. The van der Waals surface area contributed by atoms with Crippen molar-refractivity contribution in [3.05, 3.63) is 23.8 Å². The van der Waals surface area contributed by atoms with Gasteiger partial charge in [0.2, 0.25) is 0 Å². The molecule has 0 fully saturated rings. The van der Waals surface area contributed by atoms with Gasteiger partial charge in [0, 0.05) is 13.2 Å². The number of carbonyl (C=O) groups is 1. The summed E-state index contributed by atoms with van der Waals surface area (Å²) in [6.07, 6.45) is 0.864. The van der Waals surface area contributed by atoms with E-state index in [2.05, 4.69) is 5.32 Å². The van der Waals surface area contributed by atoms with E-state index in [4.69, 9.17) is 15.2 Å². The fourth-order valence-electron chi connectivity index (χ4n) is 1.68. The molecule has 0 radical (unpaired) electrons. The minimum atomic E-state index is -0.405. The van der Waals surface area contributed by atoms with E-state index in [0.717, 1.165) is 6.42 Å². The maximum absolute atomic E-state index is 11.7. The predicted octanol–water partition coefficient (Wildman–Crippen LogP) is 1.89. The number of benzene rings is 1. The Bertz CT molecular complexity index is 407. The summed E-state index contributed by atoms with van der Waals surface area (Å²) in [5.74, 6) is -0.405. The SMILES string of the molecule is CCC(COC)Nc1c(N)cccc1C(=O)OC. The van der Waals surface area contributed by atoms with Crippen molar-refractivity contribution in [2.45, 2.75) is 19.4 Å².